The molecular weight excluding hydrogens is 414 g/mol. The Morgan fingerprint density at radius 1 is 1.19 bits per heavy atom. The Morgan fingerprint density at radius 2 is 1.94 bits per heavy atom. The van der Waals surface area contributed by atoms with E-state index in [1.54, 1.807) is 41.5 Å². The fourth-order valence-electron chi connectivity index (χ4n) is 5.06. The second kappa shape index (κ2) is 7.45. The van der Waals surface area contributed by atoms with Gasteiger partial charge in [-0.05, 0) is 49.9 Å². The second-order valence-corrected chi connectivity index (χ2v) is 9.45. The van der Waals surface area contributed by atoms with Gasteiger partial charge in [-0.1, -0.05) is 31.4 Å². The van der Waals surface area contributed by atoms with E-state index in [9.17, 15) is 9.59 Å². The van der Waals surface area contributed by atoms with Crippen molar-refractivity contribution in [1.29, 1.82) is 0 Å². The number of benzene rings is 1. The molecule has 1 aliphatic carbocycles. The maximum absolute atomic E-state index is 13.8. The lowest BCUT2D eigenvalue weighted by molar-refractivity contribution is -0.127. The van der Waals surface area contributed by atoms with Crippen molar-refractivity contribution in [3.05, 3.63) is 53.4 Å². The molecule has 1 aromatic carbocycles. The fourth-order valence-corrected chi connectivity index (χ4v) is 5.19. The van der Waals surface area contributed by atoms with Crippen molar-refractivity contribution in [2.24, 2.45) is 5.92 Å². The van der Waals surface area contributed by atoms with E-state index in [0.717, 1.165) is 24.8 Å². The number of furan rings is 1. The molecule has 0 radical (unpaired) electrons. The van der Waals surface area contributed by atoms with Crippen LogP contribution in [0, 0.1) is 5.92 Å². The van der Waals surface area contributed by atoms with Crippen LogP contribution in [0.25, 0.3) is 11.1 Å². The molecule has 0 bridgehead atoms. The number of nitrogens with one attached hydrogen (secondary N) is 1. The van der Waals surface area contributed by atoms with E-state index < -0.39 is 5.54 Å². The van der Waals surface area contributed by atoms with Crippen LogP contribution in [0.2, 0.25) is 5.02 Å². The molecule has 3 atom stereocenters. The molecule has 2 amide bonds. The van der Waals surface area contributed by atoms with E-state index in [1.165, 1.54) is 6.42 Å². The summed E-state index contributed by atoms with van der Waals surface area (Å²) in [5.74, 6) is 0.0622. The highest BCUT2D eigenvalue weighted by molar-refractivity contribution is 6.30. The molecule has 3 aromatic rings. The normalized spacial score (nSPS) is 26.2. The summed E-state index contributed by atoms with van der Waals surface area (Å²) in [7, 11) is 0. The van der Waals surface area contributed by atoms with Gasteiger partial charge in [-0.3, -0.25) is 14.5 Å². The van der Waals surface area contributed by atoms with Gasteiger partial charge in [-0.15, -0.1) is 0 Å². The van der Waals surface area contributed by atoms with Crippen molar-refractivity contribution in [1.82, 2.24) is 9.88 Å². The minimum absolute atomic E-state index is 0.125. The van der Waals surface area contributed by atoms with Crippen molar-refractivity contribution in [3.8, 4) is 0 Å². The standard InChI is InChI=1S/C24H26ClN3O3/c1-15-5-3-4-6-18(15)26-23(30)24(2)14-27-19-11-12-31-21(19)13-20(27)22(29)28(24)17-9-7-16(25)8-10-17/h7-13,15,18H,3-6,14H2,1-2H3,(H,26,30)/t15-,18+,24+/m1/s1. The maximum Gasteiger partial charge on any atom is 0.276 e. The Labute approximate surface area is 186 Å². The molecule has 0 unspecified atom stereocenters. The number of carbonyl (C=O) groups excluding carboxylic acids is 2. The van der Waals surface area contributed by atoms with Crippen LogP contribution in [-0.4, -0.2) is 28.0 Å². The van der Waals surface area contributed by atoms with Crippen molar-refractivity contribution in [2.75, 3.05) is 4.90 Å². The molecule has 7 heteroatoms. The molecule has 6 nitrogen and oxygen atoms in total. The van der Waals surface area contributed by atoms with Gasteiger partial charge in [0.25, 0.3) is 5.91 Å². The van der Waals surface area contributed by atoms with Gasteiger partial charge < -0.3 is 14.3 Å². The van der Waals surface area contributed by atoms with Gasteiger partial charge in [0, 0.05) is 28.9 Å². The van der Waals surface area contributed by atoms with E-state index in [-0.39, 0.29) is 17.9 Å². The Hall–Kier alpha value is -2.73. The first-order chi connectivity index (χ1) is 14.9. The lowest BCUT2D eigenvalue weighted by atomic mass is 9.85. The van der Waals surface area contributed by atoms with Gasteiger partial charge in [0.15, 0.2) is 5.58 Å². The Morgan fingerprint density at radius 3 is 2.68 bits per heavy atom. The zero-order chi connectivity index (χ0) is 21.8. The topological polar surface area (TPSA) is 67.5 Å². The third-order valence-corrected chi connectivity index (χ3v) is 7.16. The van der Waals surface area contributed by atoms with Crippen LogP contribution in [0.3, 0.4) is 0 Å². The molecular formula is C24H26ClN3O3. The van der Waals surface area contributed by atoms with Gasteiger partial charge in [-0.25, -0.2) is 0 Å². The molecule has 31 heavy (non-hydrogen) atoms. The molecule has 2 aliphatic rings. The van der Waals surface area contributed by atoms with E-state index in [0.29, 0.717) is 34.4 Å². The predicted molar refractivity (Wildman–Crippen MR) is 120 cm³/mol. The number of amides is 2. The quantitative estimate of drug-likeness (QED) is 0.624. The van der Waals surface area contributed by atoms with Crippen molar-refractivity contribution >= 4 is 40.2 Å². The SMILES string of the molecule is C[C@@H]1CCCC[C@@H]1NC(=O)[C@]1(C)Cn2c(cc3occc32)C(=O)N1c1ccc(Cl)cc1. The highest BCUT2D eigenvalue weighted by Gasteiger charge is 2.49. The summed E-state index contributed by atoms with van der Waals surface area (Å²) in [6.45, 7) is 4.37. The molecule has 0 saturated heterocycles. The van der Waals surface area contributed by atoms with E-state index >= 15 is 0 Å². The van der Waals surface area contributed by atoms with Gasteiger partial charge in [0.2, 0.25) is 5.91 Å². The number of anilines is 1. The van der Waals surface area contributed by atoms with Crippen LogP contribution >= 0.6 is 11.6 Å². The van der Waals surface area contributed by atoms with Crippen molar-refractivity contribution in [2.45, 2.75) is 57.7 Å². The number of carbonyl (C=O) groups is 2. The van der Waals surface area contributed by atoms with E-state index in [2.05, 4.69) is 12.2 Å². The van der Waals surface area contributed by atoms with Crippen LogP contribution in [0.1, 0.15) is 50.0 Å². The number of aromatic nitrogens is 1. The highest BCUT2D eigenvalue weighted by atomic mass is 35.5. The Balaban J connectivity index is 1.59. The Kier molecular flexibility index (Phi) is 4.85. The molecule has 1 N–H and O–H groups in total. The monoisotopic (exact) mass is 439 g/mol. The lowest BCUT2D eigenvalue weighted by Gasteiger charge is -2.45. The number of hydrogen-bond acceptors (Lipinski definition) is 3. The summed E-state index contributed by atoms with van der Waals surface area (Å²) in [5.41, 5.74) is 1.53. The summed E-state index contributed by atoms with van der Waals surface area (Å²) < 4.78 is 7.43. The van der Waals surface area contributed by atoms with Gasteiger partial charge >= 0.3 is 0 Å². The fraction of sp³-hybridized carbons (Fsp3) is 0.417. The number of fused-ring (bicyclic) bond motifs is 3. The summed E-state index contributed by atoms with van der Waals surface area (Å²) in [5, 5.41) is 3.86. The molecule has 1 fully saturated rings. The smallest absolute Gasteiger partial charge is 0.276 e. The average molecular weight is 440 g/mol. The molecule has 5 rings (SSSR count). The Bertz CT molecular complexity index is 1150. The number of rotatable bonds is 3. The first kappa shape index (κ1) is 20.2. The van der Waals surface area contributed by atoms with E-state index in [4.69, 9.17) is 16.0 Å². The predicted octanol–water partition coefficient (Wildman–Crippen LogP) is 5.00. The zero-order valence-corrected chi connectivity index (χ0v) is 18.5. The molecule has 0 spiro atoms. The summed E-state index contributed by atoms with van der Waals surface area (Å²) in [6, 6.07) is 10.8. The first-order valence-electron chi connectivity index (χ1n) is 10.9. The lowest BCUT2D eigenvalue weighted by Crippen LogP contribution is -2.65. The van der Waals surface area contributed by atoms with Gasteiger partial charge in [0.05, 0.1) is 18.3 Å². The van der Waals surface area contributed by atoms with Gasteiger partial charge in [-0.2, -0.15) is 0 Å². The third kappa shape index (κ3) is 3.24. The molecule has 1 aliphatic heterocycles. The number of nitrogens with zero attached hydrogens (tertiary/aromatic N) is 2. The minimum atomic E-state index is -1.10. The van der Waals surface area contributed by atoms with Crippen LogP contribution in [0.4, 0.5) is 5.69 Å². The first-order valence-corrected chi connectivity index (χ1v) is 11.2. The minimum Gasteiger partial charge on any atom is -0.463 e. The molecule has 3 heterocycles. The summed E-state index contributed by atoms with van der Waals surface area (Å²) in [4.78, 5) is 29.1. The summed E-state index contributed by atoms with van der Waals surface area (Å²) >= 11 is 6.09. The average Bonchev–Trinajstić information content (AvgIpc) is 3.33. The van der Waals surface area contributed by atoms with E-state index in [1.807, 2.05) is 17.6 Å². The second-order valence-electron chi connectivity index (χ2n) is 9.02. The number of halogens is 1. The molecule has 162 valence electrons. The van der Waals surface area contributed by atoms with Crippen LogP contribution in [-0.2, 0) is 11.3 Å². The maximum atomic E-state index is 13.8. The highest BCUT2D eigenvalue weighted by Crippen LogP contribution is 2.37. The van der Waals surface area contributed by atoms with Crippen molar-refractivity contribution < 1.29 is 14.0 Å². The van der Waals surface area contributed by atoms with Crippen molar-refractivity contribution in [3.63, 3.8) is 0 Å². The summed E-state index contributed by atoms with van der Waals surface area (Å²) in [6.07, 6.45) is 6.00. The molecule has 2 aromatic heterocycles. The van der Waals surface area contributed by atoms with Crippen LogP contribution in [0.15, 0.2) is 47.1 Å². The van der Waals surface area contributed by atoms with Crippen LogP contribution in [0.5, 0.6) is 0 Å². The zero-order valence-electron chi connectivity index (χ0n) is 17.7. The van der Waals surface area contributed by atoms with Crippen LogP contribution < -0.4 is 10.2 Å². The van der Waals surface area contributed by atoms with Gasteiger partial charge in [0.1, 0.15) is 11.2 Å². The third-order valence-electron chi connectivity index (χ3n) is 6.91. The number of hydrogen-bond donors (Lipinski definition) is 1. The largest absolute Gasteiger partial charge is 0.463 e. The molecule has 1 saturated carbocycles.